The molecular weight excluding hydrogens is 314 g/mol. The first kappa shape index (κ1) is 18.9. The van der Waals surface area contributed by atoms with Gasteiger partial charge in [-0.2, -0.15) is 0 Å². The molecule has 0 heterocycles. The summed E-state index contributed by atoms with van der Waals surface area (Å²) in [4.78, 5) is 3.79. The van der Waals surface area contributed by atoms with Crippen molar-refractivity contribution in [3.05, 3.63) is 30.3 Å². The van der Waals surface area contributed by atoms with Crippen LogP contribution in [0.5, 0.6) is 0 Å². The molecule has 1 aromatic carbocycles. The molecule has 0 bridgehead atoms. The minimum absolute atomic E-state index is 0.454. The Morgan fingerprint density at radius 2 is 1.86 bits per heavy atom. The molecule has 0 N–H and O–H groups in total. The number of benzene rings is 1. The Kier molecular flexibility index (Phi) is 10.2. The molecule has 0 aliphatic rings. The fourth-order valence-corrected chi connectivity index (χ4v) is 4.73. The third-order valence-electron chi connectivity index (χ3n) is 3.15. The maximum Gasteiger partial charge on any atom is 0.137 e. The van der Waals surface area contributed by atoms with Crippen molar-refractivity contribution in [1.29, 1.82) is 0 Å². The summed E-state index contributed by atoms with van der Waals surface area (Å²) in [5.41, 5.74) is 0. The van der Waals surface area contributed by atoms with E-state index in [1.54, 1.807) is 11.8 Å². The molecule has 0 saturated carbocycles. The summed E-state index contributed by atoms with van der Waals surface area (Å²) in [5, 5.41) is 0.454. The van der Waals surface area contributed by atoms with Gasteiger partial charge in [-0.3, -0.25) is 0 Å². The van der Waals surface area contributed by atoms with Crippen molar-refractivity contribution in [1.82, 2.24) is 4.90 Å². The summed E-state index contributed by atoms with van der Waals surface area (Å²) in [6.07, 6.45) is 4.78. The van der Waals surface area contributed by atoms with Gasteiger partial charge in [0.25, 0.3) is 0 Å². The maximum absolute atomic E-state index is 5.67. The summed E-state index contributed by atoms with van der Waals surface area (Å²) in [6.45, 7) is 7.75. The monoisotopic (exact) mass is 341 g/mol. The lowest BCUT2D eigenvalue weighted by molar-refractivity contribution is 0.381. The SMILES string of the molecule is CCCCN(C(=S)SCC)C(CCC)Sc1ccccc1. The molecule has 4 heteroatoms. The predicted octanol–water partition coefficient (Wildman–Crippen LogP) is 6.05. The average molecular weight is 342 g/mol. The van der Waals surface area contributed by atoms with Crippen LogP contribution in [-0.2, 0) is 0 Å². The first-order valence-corrected chi connectivity index (χ1v) is 10.1. The number of thioether (sulfide) groups is 2. The minimum atomic E-state index is 0.454. The predicted molar refractivity (Wildman–Crippen MR) is 103 cm³/mol. The van der Waals surface area contributed by atoms with Crippen LogP contribution in [0.15, 0.2) is 35.2 Å². The van der Waals surface area contributed by atoms with Gasteiger partial charge in [0, 0.05) is 11.4 Å². The summed E-state index contributed by atoms with van der Waals surface area (Å²) >= 11 is 9.42. The quantitative estimate of drug-likeness (QED) is 0.305. The normalized spacial score (nSPS) is 12.1. The van der Waals surface area contributed by atoms with E-state index in [-0.39, 0.29) is 0 Å². The zero-order valence-corrected chi connectivity index (χ0v) is 15.8. The summed E-state index contributed by atoms with van der Waals surface area (Å²) in [7, 11) is 0. The van der Waals surface area contributed by atoms with Gasteiger partial charge < -0.3 is 4.90 Å². The van der Waals surface area contributed by atoms with E-state index >= 15 is 0 Å². The second kappa shape index (κ2) is 11.4. The fourth-order valence-electron chi connectivity index (χ4n) is 2.07. The summed E-state index contributed by atoms with van der Waals surface area (Å²) < 4.78 is 1.06. The highest BCUT2D eigenvalue weighted by Gasteiger charge is 2.21. The maximum atomic E-state index is 5.67. The van der Waals surface area contributed by atoms with Crippen molar-refractivity contribution < 1.29 is 0 Å². The first-order chi connectivity index (χ1) is 10.2. The van der Waals surface area contributed by atoms with Crippen LogP contribution in [0.2, 0.25) is 0 Å². The van der Waals surface area contributed by atoms with Gasteiger partial charge in [0.05, 0.1) is 5.37 Å². The lowest BCUT2D eigenvalue weighted by Crippen LogP contribution is -2.36. The van der Waals surface area contributed by atoms with Crippen molar-refractivity contribution >= 4 is 40.1 Å². The Hall–Kier alpha value is -0.190. The van der Waals surface area contributed by atoms with Gasteiger partial charge in [0.15, 0.2) is 0 Å². The second-order valence-corrected chi connectivity index (χ2v) is 8.07. The van der Waals surface area contributed by atoms with Crippen molar-refractivity contribution in [2.75, 3.05) is 12.3 Å². The van der Waals surface area contributed by atoms with Gasteiger partial charge in [-0.1, -0.05) is 75.8 Å². The minimum Gasteiger partial charge on any atom is -0.345 e. The fraction of sp³-hybridized carbons (Fsp3) is 0.588. The molecular formula is C17H27NS3. The third-order valence-corrected chi connectivity index (χ3v) is 5.82. The Balaban J connectivity index is 2.81. The van der Waals surface area contributed by atoms with E-state index in [0.717, 1.165) is 16.6 Å². The number of thiocarbonyl (C=S) groups is 1. The molecule has 0 fully saturated rings. The Morgan fingerprint density at radius 3 is 2.43 bits per heavy atom. The van der Waals surface area contributed by atoms with Gasteiger partial charge in [-0.05, 0) is 30.7 Å². The van der Waals surface area contributed by atoms with Crippen LogP contribution in [0.3, 0.4) is 0 Å². The van der Waals surface area contributed by atoms with Crippen LogP contribution < -0.4 is 0 Å². The van der Waals surface area contributed by atoms with Crippen molar-refractivity contribution in [3.63, 3.8) is 0 Å². The summed E-state index contributed by atoms with van der Waals surface area (Å²) in [5.74, 6) is 1.05. The smallest absolute Gasteiger partial charge is 0.137 e. The molecule has 1 atom stereocenters. The van der Waals surface area contributed by atoms with E-state index in [2.05, 4.69) is 56.0 Å². The molecule has 0 spiro atoms. The first-order valence-electron chi connectivity index (χ1n) is 7.88. The van der Waals surface area contributed by atoms with E-state index in [4.69, 9.17) is 12.2 Å². The second-order valence-electron chi connectivity index (χ2n) is 4.92. The van der Waals surface area contributed by atoms with Crippen LogP contribution in [0.4, 0.5) is 0 Å². The molecule has 1 aromatic rings. The molecule has 1 unspecified atom stereocenters. The Labute approximate surface area is 144 Å². The van der Waals surface area contributed by atoms with E-state index in [0.29, 0.717) is 5.37 Å². The number of unbranched alkanes of at least 4 members (excludes halogenated alkanes) is 1. The largest absolute Gasteiger partial charge is 0.345 e. The molecule has 118 valence electrons. The van der Waals surface area contributed by atoms with Crippen molar-refractivity contribution in [2.24, 2.45) is 0 Å². The van der Waals surface area contributed by atoms with Crippen LogP contribution in [0, 0.1) is 0 Å². The molecule has 0 amide bonds. The number of hydrogen-bond donors (Lipinski definition) is 0. The topological polar surface area (TPSA) is 3.24 Å². The van der Waals surface area contributed by atoms with Gasteiger partial charge >= 0.3 is 0 Å². The molecule has 0 radical (unpaired) electrons. The van der Waals surface area contributed by atoms with Gasteiger partial charge in [-0.15, -0.1) is 11.8 Å². The zero-order chi connectivity index (χ0) is 15.5. The highest BCUT2D eigenvalue weighted by Crippen LogP contribution is 2.31. The number of hydrogen-bond acceptors (Lipinski definition) is 3. The highest BCUT2D eigenvalue weighted by atomic mass is 32.2. The van der Waals surface area contributed by atoms with E-state index < -0.39 is 0 Å². The van der Waals surface area contributed by atoms with Crippen LogP contribution in [-0.4, -0.2) is 26.9 Å². The number of rotatable bonds is 9. The Bertz CT molecular complexity index is 394. The van der Waals surface area contributed by atoms with Gasteiger partial charge in [0.1, 0.15) is 4.32 Å². The summed E-state index contributed by atoms with van der Waals surface area (Å²) in [6, 6.07) is 10.7. The van der Waals surface area contributed by atoms with E-state index in [1.807, 2.05) is 11.8 Å². The third kappa shape index (κ3) is 7.07. The van der Waals surface area contributed by atoms with Crippen molar-refractivity contribution in [3.8, 4) is 0 Å². The molecule has 0 aliphatic carbocycles. The molecule has 0 saturated heterocycles. The molecule has 0 aromatic heterocycles. The zero-order valence-electron chi connectivity index (χ0n) is 13.4. The standard InChI is InChI=1S/C17H27NS3/c1-4-7-14-18(17(19)20-6-3)16(11-5-2)21-15-12-9-8-10-13-15/h8-10,12-13,16H,4-7,11,14H2,1-3H3. The molecule has 21 heavy (non-hydrogen) atoms. The van der Waals surface area contributed by atoms with Crippen LogP contribution >= 0.6 is 35.7 Å². The molecule has 1 rings (SSSR count). The number of nitrogens with zero attached hydrogens (tertiary/aromatic N) is 1. The lowest BCUT2D eigenvalue weighted by atomic mass is 10.3. The van der Waals surface area contributed by atoms with Crippen LogP contribution in [0.25, 0.3) is 0 Å². The van der Waals surface area contributed by atoms with E-state index in [9.17, 15) is 0 Å². The average Bonchev–Trinajstić information content (AvgIpc) is 2.49. The van der Waals surface area contributed by atoms with Gasteiger partial charge in [-0.25, -0.2) is 0 Å². The van der Waals surface area contributed by atoms with E-state index in [1.165, 1.54) is 30.6 Å². The van der Waals surface area contributed by atoms with Crippen LogP contribution in [0.1, 0.15) is 46.5 Å². The molecule has 1 nitrogen and oxygen atoms in total. The Morgan fingerprint density at radius 1 is 1.14 bits per heavy atom. The highest BCUT2D eigenvalue weighted by molar-refractivity contribution is 8.22. The van der Waals surface area contributed by atoms with Gasteiger partial charge in [0.2, 0.25) is 0 Å². The van der Waals surface area contributed by atoms with Crippen molar-refractivity contribution in [2.45, 2.75) is 56.7 Å². The lowest BCUT2D eigenvalue weighted by Gasteiger charge is -2.33. The molecule has 0 aliphatic heterocycles.